The van der Waals surface area contributed by atoms with E-state index in [1.54, 1.807) is 48.5 Å². The summed E-state index contributed by atoms with van der Waals surface area (Å²) in [7, 11) is 0. The molecule has 8 heteroatoms. The van der Waals surface area contributed by atoms with Crippen LogP contribution >= 0.6 is 0 Å². The van der Waals surface area contributed by atoms with Crippen LogP contribution in [-0.2, 0) is 16.0 Å². The van der Waals surface area contributed by atoms with Gasteiger partial charge in [-0.25, -0.2) is 4.79 Å². The molecule has 32 heavy (non-hydrogen) atoms. The average Bonchev–Trinajstić information content (AvgIpc) is 2.78. The van der Waals surface area contributed by atoms with Gasteiger partial charge in [0.2, 0.25) is 5.91 Å². The highest BCUT2D eigenvalue weighted by atomic mass is 16.5. The van der Waals surface area contributed by atoms with Crippen molar-refractivity contribution < 1.29 is 19.1 Å². The normalized spacial score (nSPS) is 12.2. The number of amides is 4. The van der Waals surface area contributed by atoms with Gasteiger partial charge in [-0.1, -0.05) is 24.3 Å². The lowest BCUT2D eigenvalue weighted by atomic mass is 10.0. The van der Waals surface area contributed by atoms with Crippen molar-refractivity contribution in [1.82, 2.24) is 0 Å². The second kappa shape index (κ2) is 9.65. The minimum absolute atomic E-state index is 0.000173. The molecular formula is C24H22N4O4. The Hall–Kier alpha value is -4.33. The minimum Gasteiger partial charge on any atom is -0.484 e. The molecule has 0 saturated heterocycles. The van der Waals surface area contributed by atoms with Gasteiger partial charge >= 0.3 is 6.03 Å². The van der Waals surface area contributed by atoms with E-state index in [9.17, 15) is 14.4 Å². The number of carbonyl (C=O) groups excluding carboxylic acids is 3. The molecule has 4 N–H and O–H groups in total. The van der Waals surface area contributed by atoms with Gasteiger partial charge in [-0.15, -0.1) is 0 Å². The van der Waals surface area contributed by atoms with Gasteiger partial charge in [-0.3, -0.25) is 9.59 Å². The Morgan fingerprint density at radius 3 is 2.34 bits per heavy atom. The molecule has 0 aliphatic carbocycles. The first kappa shape index (κ1) is 20.9. The SMILES string of the molecule is O=C(COc1ccc2c(c1)CCC(=O)N2)Nc1cccc(NC(=O)Nc2ccccc2)c1. The number of ether oxygens (including phenoxy) is 1. The number of urea groups is 1. The fraction of sp³-hybridized carbons (Fsp3) is 0.125. The van der Waals surface area contributed by atoms with E-state index in [2.05, 4.69) is 21.3 Å². The summed E-state index contributed by atoms with van der Waals surface area (Å²) >= 11 is 0. The number of carbonyl (C=O) groups is 3. The molecule has 0 unspecified atom stereocenters. The summed E-state index contributed by atoms with van der Waals surface area (Å²) in [4.78, 5) is 35.9. The van der Waals surface area contributed by atoms with Crippen LogP contribution in [0.1, 0.15) is 12.0 Å². The van der Waals surface area contributed by atoms with Gasteiger partial charge in [-0.05, 0) is 60.5 Å². The number of rotatable bonds is 6. The van der Waals surface area contributed by atoms with Gasteiger partial charge in [0, 0.05) is 29.2 Å². The molecule has 0 saturated carbocycles. The van der Waals surface area contributed by atoms with Crippen LogP contribution in [0, 0.1) is 0 Å². The molecule has 8 nitrogen and oxygen atoms in total. The number of hydrogen-bond acceptors (Lipinski definition) is 4. The van der Waals surface area contributed by atoms with Crippen molar-refractivity contribution in [3.8, 4) is 5.75 Å². The number of para-hydroxylation sites is 1. The van der Waals surface area contributed by atoms with Crippen LogP contribution < -0.4 is 26.0 Å². The van der Waals surface area contributed by atoms with Crippen LogP contribution in [0.15, 0.2) is 72.8 Å². The fourth-order valence-electron chi connectivity index (χ4n) is 3.29. The summed E-state index contributed by atoms with van der Waals surface area (Å²) in [6.07, 6.45) is 1.08. The third kappa shape index (κ3) is 5.63. The zero-order chi connectivity index (χ0) is 22.3. The minimum atomic E-state index is -0.383. The van der Waals surface area contributed by atoms with Gasteiger partial charge in [0.1, 0.15) is 5.75 Å². The van der Waals surface area contributed by atoms with Crippen LogP contribution in [0.4, 0.5) is 27.5 Å². The van der Waals surface area contributed by atoms with E-state index in [4.69, 9.17) is 4.74 Å². The summed E-state index contributed by atoms with van der Waals surface area (Å²) in [6.45, 7) is -0.169. The van der Waals surface area contributed by atoms with E-state index in [1.165, 1.54) is 0 Å². The lowest BCUT2D eigenvalue weighted by molar-refractivity contribution is -0.118. The zero-order valence-corrected chi connectivity index (χ0v) is 17.2. The Labute approximate surface area is 185 Å². The van der Waals surface area contributed by atoms with Crippen LogP contribution in [0.5, 0.6) is 5.75 Å². The monoisotopic (exact) mass is 430 g/mol. The van der Waals surface area contributed by atoms with Gasteiger partial charge in [0.25, 0.3) is 5.91 Å². The molecule has 0 aromatic heterocycles. The number of hydrogen-bond donors (Lipinski definition) is 4. The quantitative estimate of drug-likeness (QED) is 0.469. The second-order valence-corrected chi connectivity index (χ2v) is 7.23. The topological polar surface area (TPSA) is 109 Å². The maximum Gasteiger partial charge on any atom is 0.323 e. The zero-order valence-electron chi connectivity index (χ0n) is 17.2. The number of anilines is 4. The molecule has 3 aromatic rings. The lowest BCUT2D eigenvalue weighted by Crippen LogP contribution is -2.21. The van der Waals surface area contributed by atoms with Gasteiger partial charge < -0.3 is 26.0 Å². The fourth-order valence-corrected chi connectivity index (χ4v) is 3.29. The van der Waals surface area contributed by atoms with Crippen molar-refractivity contribution in [1.29, 1.82) is 0 Å². The van der Waals surface area contributed by atoms with E-state index >= 15 is 0 Å². The molecule has 0 radical (unpaired) electrons. The number of nitrogens with one attached hydrogen (secondary N) is 4. The molecule has 1 heterocycles. The van der Waals surface area contributed by atoms with Gasteiger partial charge in [0.05, 0.1) is 0 Å². The van der Waals surface area contributed by atoms with Crippen molar-refractivity contribution in [2.24, 2.45) is 0 Å². The highest BCUT2D eigenvalue weighted by Crippen LogP contribution is 2.26. The molecule has 4 amide bonds. The Morgan fingerprint density at radius 1 is 0.812 bits per heavy atom. The van der Waals surface area contributed by atoms with Gasteiger partial charge in [-0.2, -0.15) is 0 Å². The summed E-state index contributed by atoms with van der Waals surface area (Å²) in [6, 6.07) is 20.9. The first-order chi connectivity index (χ1) is 15.5. The molecule has 1 aliphatic heterocycles. The molecule has 4 rings (SSSR count). The Balaban J connectivity index is 1.29. The Kier molecular flexibility index (Phi) is 6.31. The number of fused-ring (bicyclic) bond motifs is 1. The molecule has 0 spiro atoms. The maximum absolute atomic E-state index is 12.3. The van der Waals surface area contributed by atoms with Crippen LogP contribution in [0.2, 0.25) is 0 Å². The lowest BCUT2D eigenvalue weighted by Gasteiger charge is -2.17. The Bertz CT molecular complexity index is 1150. The first-order valence-electron chi connectivity index (χ1n) is 10.1. The number of benzene rings is 3. The number of aryl methyl sites for hydroxylation is 1. The van der Waals surface area contributed by atoms with Crippen molar-refractivity contribution in [2.45, 2.75) is 12.8 Å². The van der Waals surface area contributed by atoms with E-state index in [-0.39, 0.29) is 24.5 Å². The summed E-state index contributed by atoms with van der Waals surface area (Å²) in [5, 5.41) is 11.0. The summed E-state index contributed by atoms with van der Waals surface area (Å²) < 4.78 is 5.59. The second-order valence-electron chi connectivity index (χ2n) is 7.23. The Morgan fingerprint density at radius 2 is 1.53 bits per heavy atom. The van der Waals surface area contributed by atoms with Gasteiger partial charge in [0.15, 0.2) is 6.61 Å². The van der Waals surface area contributed by atoms with Crippen LogP contribution in [0.3, 0.4) is 0 Å². The molecular weight excluding hydrogens is 408 g/mol. The van der Waals surface area contributed by atoms with Crippen molar-refractivity contribution in [3.63, 3.8) is 0 Å². The first-order valence-corrected chi connectivity index (χ1v) is 10.1. The summed E-state index contributed by atoms with van der Waals surface area (Å²) in [5.74, 6) is 0.227. The average molecular weight is 430 g/mol. The predicted octanol–water partition coefficient (Wildman–Crippen LogP) is 4.23. The molecule has 3 aromatic carbocycles. The van der Waals surface area contributed by atoms with Crippen LogP contribution in [0.25, 0.3) is 0 Å². The largest absolute Gasteiger partial charge is 0.484 e. The van der Waals surface area contributed by atoms with E-state index in [0.29, 0.717) is 35.7 Å². The van der Waals surface area contributed by atoms with E-state index < -0.39 is 0 Å². The van der Waals surface area contributed by atoms with Crippen molar-refractivity contribution in [3.05, 3.63) is 78.4 Å². The standard InChI is InChI=1S/C24H22N4O4/c29-22-12-9-16-13-20(10-11-21(16)28-22)32-15-23(30)25-18-7-4-8-19(14-18)27-24(31)26-17-5-2-1-3-6-17/h1-8,10-11,13-14H,9,12,15H2,(H,25,30)(H,28,29)(H2,26,27,31). The summed E-state index contributed by atoms with van der Waals surface area (Å²) in [5.41, 5.74) is 3.50. The molecule has 162 valence electrons. The molecule has 0 bridgehead atoms. The predicted molar refractivity (Wildman–Crippen MR) is 123 cm³/mol. The van der Waals surface area contributed by atoms with E-state index in [1.807, 2.05) is 24.3 Å². The highest BCUT2D eigenvalue weighted by Gasteiger charge is 2.15. The third-order valence-corrected chi connectivity index (χ3v) is 4.78. The molecule has 0 fully saturated rings. The smallest absolute Gasteiger partial charge is 0.323 e. The molecule has 0 atom stereocenters. The highest BCUT2D eigenvalue weighted by molar-refractivity contribution is 6.00. The van der Waals surface area contributed by atoms with Crippen molar-refractivity contribution in [2.75, 3.05) is 27.9 Å². The maximum atomic E-state index is 12.3. The van der Waals surface area contributed by atoms with E-state index in [0.717, 1.165) is 11.3 Å². The van der Waals surface area contributed by atoms with Crippen LogP contribution in [-0.4, -0.2) is 24.5 Å². The van der Waals surface area contributed by atoms with Crippen molar-refractivity contribution >= 4 is 40.6 Å². The molecule has 1 aliphatic rings. The third-order valence-electron chi connectivity index (χ3n) is 4.78.